The van der Waals surface area contributed by atoms with E-state index < -0.39 is 5.97 Å². The Bertz CT molecular complexity index is 747. The summed E-state index contributed by atoms with van der Waals surface area (Å²) in [5.74, 6) is -1.16. The molecule has 2 heterocycles. The van der Waals surface area contributed by atoms with Crippen molar-refractivity contribution in [2.24, 2.45) is 5.92 Å². The summed E-state index contributed by atoms with van der Waals surface area (Å²) in [4.78, 5) is 25.8. The standard InChI is InChI=1S/C19H23N3O3/c1-2-6-17-16(13-20-22(17)15-7-4-3-5-8-15)18(23)21-11-9-14(10-12-21)19(24)25/h3-5,7-8,13-14H,2,6,9-12H2,1H3,(H,24,25). The molecule has 2 aromatic rings. The van der Waals surface area contributed by atoms with Crippen molar-refractivity contribution < 1.29 is 14.7 Å². The van der Waals surface area contributed by atoms with Gasteiger partial charge in [0.2, 0.25) is 0 Å². The molecule has 1 aromatic carbocycles. The van der Waals surface area contributed by atoms with Gasteiger partial charge in [-0.3, -0.25) is 9.59 Å². The number of aromatic nitrogens is 2. The van der Waals surface area contributed by atoms with E-state index in [1.54, 1.807) is 11.1 Å². The van der Waals surface area contributed by atoms with Crippen molar-refractivity contribution in [2.45, 2.75) is 32.6 Å². The number of amides is 1. The van der Waals surface area contributed by atoms with Crippen LogP contribution in [0.15, 0.2) is 36.5 Å². The molecule has 1 fully saturated rings. The van der Waals surface area contributed by atoms with Crippen LogP contribution in [-0.2, 0) is 11.2 Å². The van der Waals surface area contributed by atoms with Crippen LogP contribution in [0.2, 0.25) is 0 Å². The fourth-order valence-corrected chi connectivity index (χ4v) is 3.32. The Balaban J connectivity index is 1.84. The van der Waals surface area contributed by atoms with E-state index in [2.05, 4.69) is 12.0 Å². The molecule has 1 amide bonds. The first-order chi connectivity index (χ1) is 12.1. The highest BCUT2D eigenvalue weighted by atomic mass is 16.4. The first-order valence-corrected chi connectivity index (χ1v) is 8.76. The van der Waals surface area contributed by atoms with E-state index >= 15 is 0 Å². The predicted octanol–water partition coefficient (Wildman–Crippen LogP) is 2.76. The second-order valence-electron chi connectivity index (χ2n) is 6.41. The summed E-state index contributed by atoms with van der Waals surface area (Å²) >= 11 is 0. The van der Waals surface area contributed by atoms with E-state index in [1.807, 2.05) is 35.0 Å². The van der Waals surface area contributed by atoms with Crippen molar-refractivity contribution in [3.63, 3.8) is 0 Å². The Morgan fingerprint density at radius 2 is 1.88 bits per heavy atom. The number of benzene rings is 1. The van der Waals surface area contributed by atoms with Gasteiger partial charge in [-0.1, -0.05) is 31.5 Å². The van der Waals surface area contributed by atoms with Gasteiger partial charge in [0.1, 0.15) is 0 Å². The SMILES string of the molecule is CCCc1c(C(=O)N2CCC(C(=O)O)CC2)cnn1-c1ccccc1. The second kappa shape index (κ2) is 7.51. The van der Waals surface area contributed by atoms with Crippen molar-refractivity contribution in [2.75, 3.05) is 13.1 Å². The fourth-order valence-electron chi connectivity index (χ4n) is 3.32. The minimum atomic E-state index is -0.768. The summed E-state index contributed by atoms with van der Waals surface area (Å²) in [5, 5.41) is 13.5. The number of likely N-dealkylation sites (tertiary alicyclic amines) is 1. The van der Waals surface area contributed by atoms with Crippen molar-refractivity contribution in [3.05, 3.63) is 47.8 Å². The molecule has 1 saturated heterocycles. The lowest BCUT2D eigenvalue weighted by molar-refractivity contribution is -0.143. The topological polar surface area (TPSA) is 75.4 Å². The Kier molecular flexibility index (Phi) is 5.16. The number of hydrogen-bond donors (Lipinski definition) is 1. The summed E-state index contributed by atoms with van der Waals surface area (Å²) in [5.41, 5.74) is 2.48. The van der Waals surface area contributed by atoms with E-state index in [0.717, 1.165) is 24.2 Å². The smallest absolute Gasteiger partial charge is 0.306 e. The molecule has 6 heteroatoms. The van der Waals surface area contributed by atoms with Crippen LogP contribution < -0.4 is 0 Å². The summed E-state index contributed by atoms with van der Waals surface area (Å²) in [6.45, 7) is 3.05. The third kappa shape index (κ3) is 3.57. The van der Waals surface area contributed by atoms with E-state index in [9.17, 15) is 9.59 Å². The molecule has 0 unspecified atom stereocenters. The Morgan fingerprint density at radius 1 is 1.20 bits per heavy atom. The third-order valence-corrected chi connectivity index (χ3v) is 4.72. The van der Waals surface area contributed by atoms with Crippen molar-refractivity contribution >= 4 is 11.9 Å². The molecular formula is C19H23N3O3. The van der Waals surface area contributed by atoms with Crippen molar-refractivity contribution in [1.82, 2.24) is 14.7 Å². The molecule has 3 rings (SSSR count). The number of carboxylic acid groups (broad SMARTS) is 1. The molecule has 0 saturated carbocycles. The number of rotatable bonds is 5. The van der Waals surface area contributed by atoms with Crippen LogP contribution in [0.25, 0.3) is 5.69 Å². The molecule has 0 atom stereocenters. The van der Waals surface area contributed by atoms with E-state index in [-0.39, 0.29) is 11.8 Å². The monoisotopic (exact) mass is 341 g/mol. The van der Waals surface area contributed by atoms with Gasteiger partial charge in [0.05, 0.1) is 29.1 Å². The Morgan fingerprint density at radius 3 is 2.48 bits per heavy atom. The van der Waals surface area contributed by atoms with Gasteiger partial charge < -0.3 is 10.0 Å². The average molecular weight is 341 g/mol. The van der Waals surface area contributed by atoms with Gasteiger partial charge in [-0.15, -0.1) is 0 Å². The number of carbonyl (C=O) groups is 2. The molecule has 25 heavy (non-hydrogen) atoms. The highest BCUT2D eigenvalue weighted by Gasteiger charge is 2.29. The van der Waals surface area contributed by atoms with E-state index in [0.29, 0.717) is 31.5 Å². The summed E-state index contributed by atoms with van der Waals surface area (Å²) in [6.07, 6.45) is 4.35. The van der Waals surface area contributed by atoms with Crippen LogP contribution in [0.4, 0.5) is 0 Å². The van der Waals surface area contributed by atoms with Crippen LogP contribution in [0, 0.1) is 5.92 Å². The lowest BCUT2D eigenvalue weighted by Crippen LogP contribution is -2.40. The summed E-state index contributed by atoms with van der Waals surface area (Å²) in [6, 6.07) is 9.79. The average Bonchev–Trinajstić information content (AvgIpc) is 3.06. The quantitative estimate of drug-likeness (QED) is 0.907. The van der Waals surface area contributed by atoms with Gasteiger partial charge in [0, 0.05) is 13.1 Å². The van der Waals surface area contributed by atoms with Gasteiger partial charge in [0.15, 0.2) is 0 Å². The lowest BCUT2D eigenvalue weighted by Gasteiger charge is -2.30. The number of hydrogen-bond acceptors (Lipinski definition) is 3. The second-order valence-corrected chi connectivity index (χ2v) is 6.41. The van der Waals surface area contributed by atoms with Crippen molar-refractivity contribution in [1.29, 1.82) is 0 Å². The molecule has 1 N–H and O–H groups in total. The summed E-state index contributed by atoms with van der Waals surface area (Å²) in [7, 11) is 0. The Labute approximate surface area is 147 Å². The van der Waals surface area contributed by atoms with E-state index in [4.69, 9.17) is 5.11 Å². The molecule has 0 spiro atoms. The number of carbonyl (C=O) groups excluding carboxylic acids is 1. The van der Waals surface area contributed by atoms with Crippen LogP contribution in [0.5, 0.6) is 0 Å². The van der Waals surface area contributed by atoms with Crippen LogP contribution in [0.1, 0.15) is 42.2 Å². The highest BCUT2D eigenvalue weighted by molar-refractivity contribution is 5.95. The molecule has 6 nitrogen and oxygen atoms in total. The maximum atomic E-state index is 12.9. The first kappa shape index (κ1) is 17.2. The van der Waals surface area contributed by atoms with Gasteiger partial charge >= 0.3 is 5.97 Å². The molecule has 0 bridgehead atoms. The summed E-state index contributed by atoms with van der Waals surface area (Å²) < 4.78 is 1.83. The van der Waals surface area contributed by atoms with Crippen molar-refractivity contribution in [3.8, 4) is 5.69 Å². The third-order valence-electron chi connectivity index (χ3n) is 4.72. The van der Waals surface area contributed by atoms with Gasteiger partial charge in [-0.25, -0.2) is 4.68 Å². The first-order valence-electron chi connectivity index (χ1n) is 8.76. The number of nitrogens with zero attached hydrogens (tertiary/aromatic N) is 3. The maximum absolute atomic E-state index is 12.9. The number of piperidine rings is 1. The number of carboxylic acids is 1. The van der Waals surface area contributed by atoms with Gasteiger partial charge in [0.25, 0.3) is 5.91 Å². The molecule has 1 aliphatic rings. The molecule has 1 aliphatic heterocycles. The molecule has 0 aliphatic carbocycles. The van der Waals surface area contributed by atoms with Crippen LogP contribution >= 0.6 is 0 Å². The highest BCUT2D eigenvalue weighted by Crippen LogP contribution is 2.22. The largest absolute Gasteiger partial charge is 0.481 e. The van der Waals surface area contributed by atoms with Gasteiger partial charge in [-0.2, -0.15) is 5.10 Å². The maximum Gasteiger partial charge on any atom is 0.306 e. The zero-order valence-corrected chi connectivity index (χ0v) is 14.4. The zero-order chi connectivity index (χ0) is 17.8. The molecule has 132 valence electrons. The van der Waals surface area contributed by atoms with E-state index in [1.165, 1.54) is 0 Å². The van der Waals surface area contributed by atoms with Crippen LogP contribution in [0.3, 0.4) is 0 Å². The normalized spacial score (nSPS) is 15.3. The minimum absolute atomic E-state index is 0.0468. The number of para-hydroxylation sites is 1. The fraction of sp³-hybridized carbons (Fsp3) is 0.421. The Hall–Kier alpha value is -2.63. The molecule has 1 aromatic heterocycles. The minimum Gasteiger partial charge on any atom is -0.481 e. The molecule has 0 radical (unpaired) electrons. The van der Waals surface area contributed by atoms with Crippen LogP contribution in [-0.4, -0.2) is 44.8 Å². The number of aliphatic carboxylic acids is 1. The predicted molar refractivity (Wildman–Crippen MR) is 93.8 cm³/mol. The zero-order valence-electron chi connectivity index (χ0n) is 14.4. The molecular weight excluding hydrogens is 318 g/mol. The lowest BCUT2D eigenvalue weighted by atomic mass is 9.96. The van der Waals surface area contributed by atoms with Gasteiger partial charge in [-0.05, 0) is 31.4 Å².